The molecule has 3 aromatic heterocycles. The largest absolute Gasteiger partial charge is 0.456 e. The van der Waals surface area contributed by atoms with Gasteiger partial charge in [-0.2, -0.15) is 0 Å². The molecule has 12 rings (SSSR count). The van der Waals surface area contributed by atoms with Crippen molar-refractivity contribution >= 4 is 86.6 Å². The van der Waals surface area contributed by atoms with E-state index in [4.69, 9.17) is 4.42 Å². The van der Waals surface area contributed by atoms with E-state index in [-0.39, 0.29) is 5.92 Å². The van der Waals surface area contributed by atoms with Gasteiger partial charge in [0.25, 0.3) is 0 Å². The van der Waals surface area contributed by atoms with Crippen molar-refractivity contribution in [1.29, 1.82) is 0 Å². The maximum Gasteiger partial charge on any atom is 0.139 e. The number of hydrogen-bond acceptors (Lipinski definition) is 3. The Morgan fingerprint density at radius 1 is 0.517 bits per heavy atom. The molecule has 58 heavy (non-hydrogen) atoms. The predicted octanol–water partition coefficient (Wildman–Crippen LogP) is 15.5. The quantitative estimate of drug-likeness (QED) is 0.168. The monoisotopic (exact) mass is 760 g/mol. The van der Waals surface area contributed by atoms with Crippen LogP contribution in [-0.2, 0) is 0 Å². The molecule has 0 saturated heterocycles. The van der Waals surface area contributed by atoms with Crippen LogP contribution >= 0.6 is 11.3 Å². The highest BCUT2D eigenvalue weighted by atomic mass is 32.1. The van der Waals surface area contributed by atoms with Gasteiger partial charge >= 0.3 is 0 Å². The summed E-state index contributed by atoms with van der Waals surface area (Å²) in [4.78, 5) is 2.37. The Bertz CT molecular complexity index is 3380. The Hall–Kier alpha value is -7.14. The lowest BCUT2D eigenvalue weighted by Crippen LogP contribution is -2.17. The summed E-state index contributed by atoms with van der Waals surface area (Å²) in [6.07, 6.45) is 7.90. The van der Waals surface area contributed by atoms with Crippen LogP contribution in [0.25, 0.3) is 80.7 Å². The van der Waals surface area contributed by atoms with E-state index >= 15 is 0 Å². The van der Waals surface area contributed by atoms with Gasteiger partial charge < -0.3 is 13.9 Å². The average Bonchev–Trinajstić information content (AvgIpc) is 3.96. The molecular formula is C54H36N2OS. The van der Waals surface area contributed by atoms with Gasteiger partial charge in [-0.15, -0.1) is 11.3 Å². The highest BCUT2D eigenvalue weighted by molar-refractivity contribution is 7.25. The number of aromatic nitrogens is 1. The summed E-state index contributed by atoms with van der Waals surface area (Å²) in [6, 6.07) is 65.9. The third-order valence-electron chi connectivity index (χ3n) is 11.9. The second kappa shape index (κ2) is 13.2. The van der Waals surface area contributed by atoms with Crippen molar-refractivity contribution in [2.75, 3.05) is 4.90 Å². The number of allylic oxidation sites excluding steroid dienone is 3. The summed E-state index contributed by atoms with van der Waals surface area (Å²) in [7, 11) is 0. The molecule has 0 aliphatic heterocycles. The van der Waals surface area contributed by atoms with Gasteiger partial charge in [-0.25, -0.2) is 0 Å². The summed E-state index contributed by atoms with van der Waals surface area (Å²) >= 11 is 1.86. The topological polar surface area (TPSA) is 21.3 Å². The minimum atomic E-state index is 0.128. The number of nitrogens with zero attached hydrogens (tertiary/aromatic N) is 2. The number of rotatable bonds is 6. The molecule has 0 saturated carbocycles. The zero-order chi connectivity index (χ0) is 38.2. The van der Waals surface area contributed by atoms with Crippen LogP contribution in [-0.4, -0.2) is 4.57 Å². The molecule has 4 heteroatoms. The fraction of sp³-hybridized carbons (Fsp3) is 0.0370. The van der Waals surface area contributed by atoms with Gasteiger partial charge in [-0.05, 0) is 90.4 Å². The minimum absolute atomic E-state index is 0.128. The van der Waals surface area contributed by atoms with Gasteiger partial charge in [-0.1, -0.05) is 127 Å². The van der Waals surface area contributed by atoms with Crippen LogP contribution in [0.15, 0.2) is 210 Å². The predicted molar refractivity (Wildman–Crippen MR) is 246 cm³/mol. The number of para-hydroxylation sites is 4. The summed E-state index contributed by atoms with van der Waals surface area (Å²) in [5.41, 5.74) is 12.5. The highest BCUT2D eigenvalue weighted by Crippen LogP contribution is 2.43. The molecular weight excluding hydrogens is 725 g/mol. The first-order valence-corrected chi connectivity index (χ1v) is 20.8. The van der Waals surface area contributed by atoms with Gasteiger partial charge in [0.05, 0.1) is 11.0 Å². The van der Waals surface area contributed by atoms with E-state index < -0.39 is 0 Å². The van der Waals surface area contributed by atoms with E-state index in [1.165, 1.54) is 58.7 Å². The van der Waals surface area contributed by atoms with Crippen molar-refractivity contribution < 1.29 is 4.42 Å². The Morgan fingerprint density at radius 2 is 1.16 bits per heavy atom. The third kappa shape index (κ3) is 5.26. The summed E-state index contributed by atoms with van der Waals surface area (Å²) < 4.78 is 11.8. The van der Waals surface area contributed by atoms with Crippen LogP contribution in [0.3, 0.4) is 0 Å². The van der Waals surface area contributed by atoms with Gasteiger partial charge in [0.15, 0.2) is 0 Å². The number of fused-ring (bicyclic) bond motifs is 9. The molecule has 1 aliphatic rings. The van der Waals surface area contributed by atoms with Crippen molar-refractivity contribution in [2.45, 2.75) is 12.3 Å². The highest BCUT2D eigenvalue weighted by Gasteiger charge is 2.24. The van der Waals surface area contributed by atoms with Crippen molar-refractivity contribution in [3.8, 4) is 16.8 Å². The van der Waals surface area contributed by atoms with E-state index in [2.05, 4.69) is 210 Å². The number of hydrogen-bond donors (Lipinski definition) is 0. The molecule has 3 nitrogen and oxygen atoms in total. The maximum atomic E-state index is 6.71. The third-order valence-corrected chi connectivity index (χ3v) is 13.1. The summed E-state index contributed by atoms with van der Waals surface area (Å²) in [5.74, 6) is 0.128. The molecule has 0 radical (unpaired) electrons. The minimum Gasteiger partial charge on any atom is -0.456 e. The molecule has 3 heterocycles. The SMILES string of the molecule is C1=CC(c2cc(-n3c4ccccc4c4ccccc43)cc3c2oc2ccccc23)CC=C1N(c1ccccc1)c1ccc(-c2ccc3c(c2)sc2ccccc23)cc1. The van der Waals surface area contributed by atoms with Crippen LogP contribution in [0.2, 0.25) is 0 Å². The second-order valence-corrected chi connectivity index (χ2v) is 16.3. The average molecular weight is 761 g/mol. The maximum absolute atomic E-state index is 6.71. The first-order chi connectivity index (χ1) is 28.7. The molecule has 0 bridgehead atoms. The van der Waals surface area contributed by atoms with Gasteiger partial charge in [0.1, 0.15) is 11.2 Å². The van der Waals surface area contributed by atoms with E-state index in [9.17, 15) is 0 Å². The fourth-order valence-electron chi connectivity index (χ4n) is 9.18. The standard InChI is InChI=1S/C54H36N2OS/c1-2-12-38(13-3-1)55(39-27-22-35(23-28-39)37-26-31-46-45-17-7-11-21-52(45)58-53(46)32-37)40-29-24-36(25-30-40)47-33-41(34-48-44-16-6-10-20-51(44)57-54(47)48)56-49-18-8-4-14-42(49)43-15-5-9-19-50(43)56/h1-24,26-34,36H,25H2. The van der Waals surface area contributed by atoms with Crippen LogP contribution in [0.5, 0.6) is 0 Å². The Labute approximate surface area is 339 Å². The van der Waals surface area contributed by atoms with Gasteiger partial charge in [0.2, 0.25) is 0 Å². The molecule has 0 spiro atoms. The zero-order valence-electron chi connectivity index (χ0n) is 31.5. The van der Waals surface area contributed by atoms with Crippen molar-refractivity contribution in [3.63, 3.8) is 0 Å². The number of furan rings is 1. The normalized spacial score (nSPS) is 14.3. The van der Waals surface area contributed by atoms with E-state index in [1.807, 2.05) is 11.3 Å². The molecule has 274 valence electrons. The molecule has 1 unspecified atom stereocenters. The molecule has 0 fully saturated rings. The molecule has 0 amide bonds. The number of thiophene rings is 1. The Kier molecular flexibility index (Phi) is 7.54. The van der Waals surface area contributed by atoms with Crippen LogP contribution in [0.4, 0.5) is 11.4 Å². The lowest BCUT2D eigenvalue weighted by atomic mass is 9.89. The van der Waals surface area contributed by atoms with E-state index in [1.54, 1.807) is 0 Å². The fourth-order valence-corrected chi connectivity index (χ4v) is 10.3. The first-order valence-electron chi connectivity index (χ1n) is 19.9. The number of anilines is 2. The second-order valence-electron chi connectivity index (χ2n) is 15.2. The number of benzene rings is 8. The van der Waals surface area contributed by atoms with E-state index in [0.717, 1.165) is 51.1 Å². The lowest BCUT2D eigenvalue weighted by molar-refractivity contribution is 0.657. The van der Waals surface area contributed by atoms with Crippen molar-refractivity contribution in [3.05, 3.63) is 211 Å². The van der Waals surface area contributed by atoms with Crippen LogP contribution in [0, 0.1) is 0 Å². The molecule has 11 aromatic rings. The van der Waals surface area contributed by atoms with E-state index in [0.29, 0.717) is 0 Å². The van der Waals surface area contributed by atoms with Crippen molar-refractivity contribution in [2.24, 2.45) is 0 Å². The van der Waals surface area contributed by atoms with Gasteiger partial charge in [-0.3, -0.25) is 0 Å². The smallest absolute Gasteiger partial charge is 0.139 e. The summed E-state index contributed by atoms with van der Waals surface area (Å²) in [5, 5.41) is 7.45. The molecule has 0 N–H and O–H groups in total. The summed E-state index contributed by atoms with van der Waals surface area (Å²) in [6.45, 7) is 0. The van der Waals surface area contributed by atoms with Crippen LogP contribution in [0.1, 0.15) is 17.9 Å². The van der Waals surface area contributed by atoms with Crippen LogP contribution < -0.4 is 4.90 Å². The molecule has 8 aromatic carbocycles. The van der Waals surface area contributed by atoms with Crippen molar-refractivity contribution in [1.82, 2.24) is 4.57 Å². The molecule has 1 atom stereocenters. The first kappa shape index (κ1) is 33.0. The zero-order valence-corrected chi connectivity index (χ0v) is 32.4. The Balaban J connectivity index is 0.930. The Morgan fingerprint density at radius 3 is 1.91 bits per heavy atom. The lowest BCUT2D eigenvalue weighted by Gasteiger charge is -2.29. The van der Waals surface area contributed by atoms with Gasteiger partial charge in [0, 0.05) is 76.0 Å². The molecule has 1 aliphatic carbocycles.